The van der Waals surface area contributed by atoms with Crippen LogP contribution in [-0.2, 0) is 0 Å². The predicted molar refractivity (Wildman–Crippen MR) is 83.2 cm³/mol. The molecule has 0 spiro atoms. The van der Waals surface area contributed by atoms with E-state index in [0.717, 1.165) is 6.42 Å². The fraction of sp³-hybridized carbons (Fsp3) is 0.500. The van der Waals surface area contributed by atoms with Crippen LogP contribution >= 0.6 is 11.8 Å². The van der Waals surface area contributed by atoms with Crippen molar-refractivity contribution in [3.05, 3.63) is 44.8 Å². The summed E-state index contributed by atoms with van der Waals surface area (Å²) in [5.41, 5.74) is 4.11. The Morgan fingerprint density at radius 3 is 2.00 bits per heavy atom. The second-order valence-electron chi connectivity index (χ2n) is 4.39. The Balaban J connectivity index is 5.03. The summed E-state index contributed by atoms with van der Waals surface area (Å²) in [4.78, 5) is 2.79. The van der Waals surface area contributed by atoms with Crippen LogP contribution in [-0.4, -0.2) is 0 Å². The van der Waals surface area contributed by atoms with E-state index in [1.807, 2.05) is 11.8 Å². The summed E-state index contributed by atoms with van der Waals surface area (Å²) in [5, 5.41) is 0. The zero-order valence-electron chi connectivity index (χ0n) is 12.3. The maximum Gasteiger partial charge on any atom is -0.0102 e. The molecule has 96 valence electrons. The summed E-state index contributed by atoms with van der Waals surface area (Å²) in [6.45, 7) is 15.2. The van der Waals surface area contributed by atoms with E-state index >= 15 is 0 Å². The minimum absolute atomic E-state index is 1.09. The van der Waals surface area contributed by atoms with Crippen LogP contribution in [0.4, 0.5) is 0 Å². The van der Waals surface area contributed by atoms with E-state index < -0.39 is 0 Å². The molecule has 0 atom stereocenters. The SMILES string of the molecule is C/C=C(\C=C/CC)C(/C)=C(\C)SC(C)=C(C)C. The summed E-state index contributed by atoms with van der Waals surface area (Å²) >= 11 is 1.88. The van der Waals surface area contributed by atoms with Crippen molar-refractivity contribution in [2.45, 2.75) is 54.9 Å². The van der Waals surface area contributed by atoms with Crippen LogP contribution in [0, 0.1) is 0 Å². The number of allylic oxidation sites excluding steroid dienone is 8. The average molecular weight is 250 g/mol. The minimum Gasteiger partial charge on any atom is -0.0994 e. The average Bonchev–Trinajstić information content (AvgIpc) is 2.29. The molecule has 0 fully saturated rings. The molecule has 0 bridgehead atoms. The molecule has 17 heavy (non-hydrogen) atoms. The Kier molecular flexibility index (Phi) is 8.07. The molecule has 0 amide bonds. The van der Waals surface area contributed by atoms with Crippen molar-refractivity contribution < 1.29 is 0 Å². The molecular weight excluding hydrogens is 224 g/mol. The van der Waals surface area contributed by atoms with Gasteiger partial charge in [0, 0.05) is 0 Å². The topological polar surface area (TPSA) is 0 Å². The Hall–Kier alpha value is -0.690. The zero-order chi connectivity index (χ0) is 13.4. The standard InChI is InChI=1S/C16H26S/c1-8-10-11-16(9-2)13(5)15(7)17-14(6)12(3)4/h9-11H,8H2,1-7H3/b11-10-,15-13+,16-9+. The first-order chi connectivity index (χ1) is 7.93. The van der Waals surface area contributed by atoms with E-state index in [9.17, 15) is 0 Å². The normalized spacial score (nSPS) is 13.9. The first kappa shape index (κ1) is 16.3. The summed E-state index contributed by atoms with van der Waals surface area (Å²) in [6, 6.07) is 0. The summed E-state index contributed by atoms with van der Waals surface area (Å²) in [5.74, 6) is 0. The molecule has 1 heteroatoms. The van der Waals surface area contributed by atoms with Crippen molar-refractivity contribution in [3.8, 4) is 0 Å². The summed E-state index contributed by atoms with van der Waals surface area (Å²) in [7, 11) is 0. The number of rotatable bonds is 5. The van der Waals surface area contributed by atoms with Crippen LogP contribution in [0.3, 0.4) is 0 Å². The van der Waals surface area contributed by atoms with Crippen LogP contribution in [0.5, 0.6) is 0 Å². The van der Waals surface area contributed by atoms with Gasteiger partial charge in [0.15, 0.2) is 0 Å². The highest BCUT2D eigenvalue weighted by atomic mass is 32.2. The van der Waals surface area contributed by atoms with Crippen LogP contribution in [0.15, 0.2) is 44.8 Å². The van der Waals surface area contributed by atoms with Crippen molar-refractivity contribution in [3.63, 3.8) is 0 Å². The molecule has 0 aromatic carbocycles. The lowest BCUT2D eigenvalue weighted by Crippen LogP contribution is -1.86. The van der Waals surface area contributed by atoms with Gasteiger partial charge in [-0.2, -0.15) is 0 Å². The van der Waals surface area contributed by atoms with Gasteiger partial charge in [0.25, 0.3) is 0 Å². The third kappa shape index (κ3) is 5.97. The Morgan fingerprint density at radius 1 is 1.00 bits per heavy atom. The molecular formula is C16H26S. The van der Waals surface area contributed by atoms with Crippen molar-refractivity contribution in [2.75, 3.05) is 0 Å². The summed E-state index contributed by atoms with van der Waals surface area (Å²) < 4.78 is 0. The minimum atomic E-state index is 1.09. The first-order valence-electron chi connectivity index (χ1n) is 6.26. The number of hydrogen-bond acceptors (Lipinski definition) is 1. The zero-order valence-corrected chi connectivity index (χ0v) is 13.2. The fourth-order valence-corrected chi connectivity index (χ4v) is 2.23. The second-order valence-corrected chi connectivity index (χ2v) is 5.82. The number of hydrogen-bond donors (Lipinski definition) is 0. The molecule has 0 saturated carbocycles. The van der Waals surface area contributed by atoms with Gasteiger partial charge in [-0.1, -0.05) is 42.5 Å². The van der Waals surface area contributed by atoms with Crippen molar-refractivity contribution >= 4 is 11.8 Å². The lowest BCUT2D eigenvalue weighted by atomic mass is 10.1. The van der Waals surface area contributed by atoms with Gasteiger partial charge in [0.05, 0.1) is 0 Å². The molecule has 0 aliphatic rings. The van der Waals surface area contributed by atoms with Gasteiger partial charge in [-0.15, -0.1) is 0 Å². The smallest absolute Gasteiger partial charge is 0.0102 e. The number of thioether (sulfide) groups is 1. The molecule has 0 aliphatic carbocycles. The van der Waals surface area contributed by atoms with Crippen LogP contribution in [0.25, 0.3) is 0 Å². The molecule has 0 aromatic heterocycles. The summed E-state index contributed by atoms with van der Waals surface area (Å²) in [6.07, 6.45) is 7.70. The fourth-order valence-electron chi connectivity index (χ4n) is 1.29. The highest BCUT2D eigenvalue weighted by Gasteiger charge is 2.03. The van der Waals surface area contributed by atoms with Gasteiger partial charge in [0.1, 0.15) is 0 Å². The van der Waals surface area contributed by atoms with Gasteiger partial charge in [0.2, 0.25) is 0 Å². The quantitative estimate of drug-likeness (QED) is 0.520. The van der Waals surface area contributed by atoms with Crippen LogP contribution < -0.4 is 0 Å². The van der Waals surface area contributed by atoms with Crippen LogP contribution in [0.2, 0.25) is 0 Å². The van der Waals surface area contributed by atoms with Crippen molar-refractivity contribution in [1.29, 1.82) is 0 Å². The lowest BCUT2D eigenvalue weighted by molar-refractivity contribution is 1.21. The van der Waals surface area contributed by atoms with Crippen molar-refractivity contribution in [2.24, 2.45) is 0 Å². The van der Waals surface area contributed by atoms with Gasteiger partial charge in [-0.25, -0.2) is 0 Å². The van der Waals surface area contributed by atoms with Gasteiger partial charge in [-0.3, -0.25) is 0 Å². The Bertz CT molecular complexity index is 361. The van der Waals surface area contributed by atoms with E-state index in [4.69, 9.17) is 0 Å². The molecule has 0 radical (unpaired) electrons. The van der Waals surface area contributed by atoms with E-state index in [2.05, 4.69) is 66.7 Å². The molecule has 0 N–H and O–H groups in total. The maximum absolute atomic E-state index is 2.22. The molecule has 0 unspecified atom stereocenters. The highest BCUT2D eigenvalue weighted by molar-refractivity contribution is 8.06. The molecule has 0 aliphatic heterocycles. The van der Waals surface area contributed by atoms with Gasteiger partial charge in [-0.05, 0) is 68.9 Å². The predicted octanol–water partition coefficient (Wildman–Crippen LogP) is 6.24. The van der Waals surface area contributed by atoms with Gasteiger partial charge >= 0.3 is 0 Å². The molecule has 0 saturated heterocycles. The molecule has 0 aromatic rings. The largest absolute Gasteiger partial charge is 0.0994 e. The van der Waals surface area contributed by atoms with Gasteiger partial charge < -0.3 is 0 Å². The van der Waals surface area contributed by atoms with Crippen LogP contribution in [0.1, 0.15) is 54.9 Å². The molecule has 0 heterocycles. The monoisotopic (exact) mass is 250 g/mol. The molecule has 0 rings (SSSR count). The van der Waals surface area contributed by atoms with E-state index in [1.165, 1.54) is 26.5 Å². The maximum atomic E-state index is 2.22. The highest BCUT2D eigenvalue weighted by Crippen LogP contribution is 2.31. The molecule has 0 nitrogen and oxygen atoms in total. The van der Waals surface area contributed by atoms with E-state index in [-0.39, 0.29) is 0 Å². The Morgan fingerprint density at radius 2 is 1.59 bits per heavy atom. The first-order valence-corrected chi connectivity index (χ1v) is 7.08. The third-order valence-electron chi connectivity index (χ3n) is 2.82. The lowest BCUT2D eigenvalue weighted by Gasteiger charge is -2.10. The Labute approximate surface area is 112 Å². The third-order valence-corrected chi connectivity index (χ3v) is 4.14. The second kappa shape index (κ2) is 8.41. The van der Waals surface area contributed by atoms with Crippen molar-refractivity contribution in [1.82, 2.24) is 0 Å². The van der Waals surface area contributed by atoms with E-state index in [1.54, 1.807) is 0 Å². The van der Waals surface area contributed by atoms with E-state index in [0.29, 0.717) is 0 Å².